The van der Waals surface area contributed by atoms with Crippen LogP contribution in [0.25, 0.3) is 22.1 Å². The summed E-state index contributed by atoms with van der Waals surface area (Å²) < 4.78 is 5.45. The second-order valence-corrected chi connectivity index (χ2v) is 6.38. The number of fused-ring (bicyclic) bond motifs is 2. The molecule has 0 saturated heterocycles. The van der Waals surface area contributed by atoms with Crippen LogP contribution in [0.2, 0.25) is 0 Å². The SMILES string of the molecule is Cc1cccc2[nH]c(COCC(=O)NCc3ccc4[nH]c(=O)[nH]c4c3)nc12. The van der Waals surface area contributed by atoms with Gasteiger partial charge in [0.05, 0.1) is 22.1 Å². The molecule has 8 nitrogen and oxygen atoms in total. The highest BCUT2D eigenvalue weighted by atomic mass is 16.5. The van der Waals surface area contributed by atoms with Gasteiger partial charge in [-0.25, -0.2) is 9.78 Å². The molecule has 0 aliphatic heterocycles. The molecule has 138 valence electrons. The Bertz CT molecular complexity index is 1170. The fourth-order valence-corrected chi connectivity index (χ4v) is 2.98. The highest BCUT2D eigenvalue weighted by Crippen LogP contribution is 2.15. The highest BCUT2D eigenvalue weighted by molar-refractivity contribution is 5.79. The summed E-state index contributed by atoms with van der Waals surface area (Å²) in [6.45, 7) is 2.54. The lowest BCUT2D eigenvalue weighted by atomic mass is 10.2. The van der Waals surface area contributed by atoms with Crippen molar-refractivity contribution in [3.63, 3.8) is 0 Å². The molecule has 0 fully saturated rings. The molecule has 27 heavy (non-hydrogen) atoms. The van der Waals surface area contributed by atoms with Crippen molar-refractivity contribution in [2.75, 3.05) is 6.61 Å². The molecule has 0 unspecified atom stereocenters. The molecule has 0 spiro atoms. The second-order valence-electron chi connectivity index (χ2n) is 6.38. The van der Waals surface area contributed by atoms with Crippen LogP contribution in [-0.2, 0) is 22.7 Å². The molecular formula is C19H19N5O3. The molecule has 4 rings (SSSR count). The summed E-state index contributed by atoms with van der Waals surface area (Å²) in [4.78, 5) is 36.3. The maximum absolute atomic E-state index is 12.0. The number of aromatic amines is 3. The van der Waals surface area contributed by atoms with Crippen molar-refractivity contribution in [1.29, 1.82) is 0 Å². The van der Waals surface area contributed by atoms with E-state index in [-0.39, 0.29) is 24.8 Å². The minimum absolute atomic E-state index is 0.0563. The predicted molar refractivity (Wildman–Crippen MR) is 101 cm³/mol. The number of carbonyl (C=O) groups is 1. The molecular weight excluding hydrogens is 346 g/mol. The Hall–Kier alpha value is -3.39. The summed E-state index contributed by atoms with van der Waals surface area (Å²) in [6, 6.07) is 11.4. The fraction of sp³-hybridized carbons (Fsp3) is 0.211. The van der Waals surface area contributed by atoms with Gasteiger partial charge >= 0.3 is 5.69 Å². The first-order chi connectivity index (χ1) is 13.1. The van der Waals surface area contributed by atoms with Crippen LogP contribution in [0, 0.1) is 6.92 Å². The summed E-state index contributed by atoms with van der Waals surface area (Å²) in [5.74, 6) is 0.471. The van der Waals surface area contributed by atoms with E-state index in [0.29, 0.717) is 17.9 Å². The van der Waals surface area contributed by atoms with Gasteiger partial charge in [-0.2, -0.15) is 0 Å². The van der Waals surface area contributed by atoms with Crippen LogP contribution >= 0.6 is 0 Å². The molecule has 0 bridgehead atoms. The number of rotatable bonds is 6. The lowest BCUT2D eigenvalue weighted by Crippen LogP contribution is -2.27. The van der Waals surface area contributed by atoms with Crippen LogP contribution in [-0.4, -0.2) is 32.4 Å². The maximum Gasteiger partial charge on any atom is 0.323 e. The van der Waals surface area contributed by atoms with Crippen molar-refractivity contribution >= 4 is 28.0 Å². The number of aromatic nitrogens is 4. The normalized spacial score (nSPS) is 11.3. The zero-order valence-corrected chi connectivity index (χ0v) is 14.8. The lowest BCUT2D eigenvalue weighted by Gasteiger charge is -2.06. The number of benzene rings is 2. The number of nitrogens with one attached hydrogen (secondary N) is 4. The smallest absolute Gasteiger partial charge is 0.323 e. The van der Waals surface area contributed by atoms with Crippen molar-refractivity contribution in [3.05, 3.63) is 63.8 Å². The quantitative estimate of drug-likeness (QED) is 0.417. The van der Waals surface area contributed by atoms with Gasteiger partial charge in [0.2, 0.25) is 5.91 Å². The number of hydrogen-bond donors (Lipinski definition) is 4. The number of nitrogens with zero attached hydrogens (tertiary/aromatic N) is 1. The van der Waals surface area contributed by atoms with E-state index in [1.54, 1.807) is 6.07 Å². The van der Waals surface area contributed by atoms with Gasteiger partial charge in [-0.3, -0.25) is 4.79 Å². The fourth-order valence-electron chi connectivity index (χ4n) is 2.98. The van der Waals surface area contributed by atoms with Crippen LogP contribution in [0.1, 0.15) is 17.0 Å². The predicted octanol–water partition coefficient (Wildman–Crippen LogP) is 1.87. The molecule has 0 radical (unpaired) electrons. The lowest BCUT2D eigenvalue weighted by molar-refractivity contribution is -0.126. The molecule has 1 amide bonds. The largest absolute Gasteiger partial charge is 0.364 e. The van der Waals surface area contributed by atoms with Gasteiger partial charge < -0.3 is 25.0 Å². The van der Waals surface area contributed by atoms with Crippen LogP contribution in [0.4, 0.5) is 0 Å². The van der Waals surface area contributed by atoms with E-state index in [1.807, 2.05) is 37.3 Å². The first-order valence-corrected chi connectivity index (χ1v) is 8.58. The summed E-state index contributed by atoms with van der Waals surface area (Å²) in [5, 5.41) is 2.80. The monoisotopic (exact) mass is 365 g/mol. The summed E-state index contributed by atoms with van der Waals surface area (Å²) in [7, 11) is 0. The van der Waals surface area contributed by atoms with E-state index >= 15 is 0 Å². The molecule has 0 atom stereocenters. The number of hydrogen-bond acceptors (Lipinski definition) is 4. The van der Waals surface area contributed by atoms with Gasteiger partial charge in [-0.05, 0) is 36.2 Å². The Morgan fingerprint density at radius 1 is 1.11 bits per heavy atom. The minimum atomic E-state index is -0.250. The molecule has 2 aromatic carbocycles. The van der Waals surface area contributed by atoms with Crippen molar-refractivity contribution in [2.45, 2.75) is 20.1 Å². The number of para-hydroxylation sites is 1. The Morgan fingerprint density at radius 3 is 2.81 bits per heavy atom. The van der Waals surface area contributed by atoms with Crippen molar-refractivity contribution in [3.8, 4) is 0 Å². The third kappa shape index (κ3) is 3.75. The van der Waals surface area contributed by atoms with Gasteiger partial charge in [0.1, 0.15) is 19.0 Å². The average Bonchev–Trinajstić information content (AvgIpc) is 3.22. The van der Waals surface area contributed by atoms with Gasteiger partial charge in [0, 0.05) is 6.54 Å². The number of amides is 1. The van der Waals surface area contributed by atoms with E-state index in [1.165, 1.54) is 0 Å². The third-order valence-corrected chi connectivity index (χ3v) is 4.31. The first kappa shape index (κ1) is 17.0. The number of H-pyrrole nitrogens is 3. The number of imidazole rings is 2. The van der Waals surface area contributed by atoms with E-state index in [9.17, 15) is 9.59 Å². The van der Waals surface area contributed by atoms with E-state index in [2.05, 4.69) is 25.3 Å². The van der Waals surface area contributed by atoms with Crippen molar-refractivity contribution < 1.29 is 9.53 Å². The van der Waals surface area contributed by atoms with Gasteiger partial charge in [-0.1, -0.05) is 18.2 Å². The Balaban J connectivity index is 1.28. The maximum atomic E-state index is 12.0. The van der Waals surface area contributed by atoms with Gasteiger partial charge in [0.15, 0.2) is 0 Å². The molecule has 8 heteroatoms. The molecule has 4 N–H and O–H groups in total. The Kier molecular flexibility index (Phi) is 4.47. The van der Waals surface area contributed by atoms with Crippen LogP contribution in [0.15, 0.2) is 41.2 Å². The Morgan fingerprint density at radius 2 is 1.96 bits per heavy atom. The van der Waals surface area contributed by atoms with Crippen LogP contribution in [0.3, 0.4) is 0 Å². The summed E-state index contributed by atoms with van der Waals surface area (Å²) >= 11 is 0. The molecule has 0 aliphatic carbocycles. The van der Waals surface area contributed by atoms with Crippen LogP contribution < -0.4 is 11.0 Å². The topological polar surface area (TPSA) is 116 Å². The standard InChI is InChI=1S/C19H19N5O3/c1-11-3-2-4-14-18(11)24-16(21-14)9-27-10-17(25)20-8-12-5-6-13-15(7-12)23-19(26)22-13/h2-7H,8-10H2,1H3,(H,20,25)(H,21,24)(H2,22,23,26). The first-order valence-electron chi connectivity index (χ1n) is 8.58. The summed E-state index contributed by atoms with van der Waals surface area (Å²) in [5.41, 5.74) is 5.05. The molecule has 4 aromatic rings. The number of ether oxygens (including phenoxy) is 1. The molecule has 0 aliphatic rings. The highest BCUT2D eigenvalue weighted by Gasteiger charge is 2.07. The second kappa shape index (κ2) is 7.08. The molecule has 2 aromatic heterocycles. The number of carbonyl (C=O) groups excluding carboxylic acids is 1. The zero-order valence-electron chi connectivity index (χ0n) is 14.8. The minimum Gasteiger partial charge on any atom is -0.364 e. The molecule has 2 heterocycles. The van der Waals surface area contributed by atoms with E-state index in [0.717, 1.165) is 27.7 Å². The summed E-state index contributed by atoms with van der Waals surface area (Å²) in [6.07, 6.45) is 0. The van der Waals surface area contributed by atoms with E-state index < -0.39 is 0 Å². The van der Waals surface area contributed by atoms with Crippen molar-refractivity contribution in [2.24, 2.45) is 0 Å². The average molecular weight is 365 g/mol. The van der Waals surface area contributed by atoms with Gasteiger partial charge in [-0.15, -0.1) is 0 Å². The zero-order chi connectivity index (χ0) is 18.8. The Labute approximate surface area is 154 Å². The van der Waals surface area contributed by atoms with Crippen molar-refractivity contribution in [1.82, 2.24) is 25.3 Å². The van der Waals surface area contributed by atoms with E-state index in [4.69, 9.17) is 4.74 Å². The third-order valence-electron chi connectivity index (χ3n) is 4.31. The number of aryl methyl sites for hydroxylation is 1. The van der Waals surface area contributed by atoms with Crippen LogP contribution in [0.5, 0.6) is 0 Å². The molecule has 0 saturated carbocycles. The van der Waals surface area contributed by atoms with Gasteiger partial charge in [0.25, 0.3) is 0 Å².